The monoisotopic (exact) mass is 779 g/mol. The van der Waals surface area contributed by atoms with Crippen LogP contribution in [0.5, 0.6) is 0 Å². The Bertz CT molecular complexity index is 3480. The molecule has 0 aliphatic heterocycles. The van der Waals surface area contributed by atoms with Gasteiger partial charge < -0.3 is 9.32 Å². The zero-order valence-corrected chi connectivity index (χ0v) is 34.1. The lowest BCUT2D eigenvalue weighted by Crippen LogP contribution is -2.16. The summed E-state index contributed by atoms with van der Waals surface area (Å²) in [6.07, 6.45) is 0. The van der Waals surface area contributed by atoms with E-state index < -0.39 is 0 Å². The molecule has 0 radical (unpaired) electrons. The highest BCUT2D eigenvalue weighted by molar-refractivity contribution is 6.20. The zero-order valence-electron chi connectivity index (χ0n) is 34.1. The standard InChI is InChI=1S/C59H41NO/c1-59(2)53-24-11-10-21-49(53)50-35-34-45(37-54(50)59)60(44-32-30-39(31-33-44)38-14-4-3-5-15-38)55-25-13-23-51-52-36-43-17-7-9-20-48(43)56(58(52)61-57(51)55)42-28-26-41(27-29-42)47-22-12-18-40-16-6-8-19-46(40)47/h3-37H,1-2H3. The van der Waals surface area contributed by atoms with Crippen molar-refractivity contribution in [2.24, 2.45) is 0 Å². The number of rotatable bonds is 6. The minimum Gasteiger partial charge on any atom is -0.453 e. The third-order valence-electron chi connectivity index (χ3n) is 13.1. The molecule has 0 unspecified atom stereocenters. The van der Waals surface area contributed by atoms with E-state index in [0.29, 0.717) is 0 Å². The Morgan fingerprint density at radius 2 is 0.951 bits per heavy atom. The van der Waals surface area contributed by atoms with Crippen LogP contribution in [0.1, 0.15) is 25.0 Å². The van der Waals surface area contributed by atoms with Crippen LogP contribution in [0.4, 0.5) is 17.1 Å². The van der Waals surface area contributed by atoms with Crippen LogP contribution < -0.4 is 4.90 Å². The van der Waals surface area contributed by atoms with Gasteiger partial charge in [-0.25, -0.2) is 0 Å². The van der Waals surface area contributed by atoms with Crippen molar-refractivity contribution in [3.8, 4) is 44.5 Å². The van der Waals surface area contributed by atoms with E-state index in [-0.39, 0.29) is 5.41 Å². The molecule has 1 heterocycles. The molecule has 0 N–H and O–H groups in total. The van der Waals surface area contributed by atoms with Crippen molar-refractivity contribution in [1.82, 2.24) is 0 Å². The summed E-state index contributed by atoms with van der Waals surface area (Å²) in [4.78, 5) is 2.39. The number of nitrogens with zero attached hydrogens (tertiary/aromatic N) is 1. The summed E-state index contributed by atoms with van der Waals surface area (Å²) in [6.45, 7) is 4.70. The molecule has 2 heteroatoms. The van der Waals surface area contributed by atoms with Crippen LogP contribution in [0.2, 0.25) is 0 Å². The molecular weight excluding hydrogens is 739 g/mol. The minimum absolute atomic E-state index is 0.145. The molecule has 0 saturated carbocycles. The average molecular weight is 780 g/mol. The Balaban J connectivity index is 1.06. The highest BCUT2D eigenvalue weighted by Gasteiger charge is 2.36. The minimum atomic E-state index is -0.145. The van der Waals surface area contributed by atoms with Gasteiger partial charge in [0.2, 0.25) is 0 Å². The molecule has 0 amide bonds. The van der Waals surface area contributed by atoms with Gasteiger partial charge in [0.15, 0.2) is 5.58 Å². The van der Waals surface area contributed by atoms with Crippen molar-refractivity contribution < 1.29 is 4.42 Å². The number of benzene rings is 10. The van der Waals surface area contributed by atoms with Crippen LogP contribution in [-0.4, -0.2) is 0 Å². The van der Waals surface area contributed by atoms with E-state index in [0.717, 1.165) is 50.1 Å². The molecule has 1 aromatic heterocycles. The predicted molar refractivity (Wildman–Crippen MR) is 257 cm³/mol. The summed E-state index contributed by atoms with van der Waals surface area (Å²) in [5.41, 5.74) is 17.1. The lowest BCUT2D eigenvalue weighted by molar-refractivity contribution is 0.660. The van der Waals surface area contributed by atoms with E-state index in [9.17, 15) is 0 Å². The lowest BCUT2D eigenvalue weighted by atomic mass is 9.82. The molecule has 0 bridgehead atoms. The van der Waals surface area contributed by atoms with Gasteiger partial charge in [0, 0.05) is 33.1 Å². The summed E-state index contributed by atoms with van der Waals surface area (Å²) in [6, 6.07) is 77.2. The normalized spacial score (nSPS) is 12.9. The Morgan fingerprint density at radius 1 is 0.361 bits per heavy atom. The number of para-hydroxylation sites is 1. The first kappa shape index (κ1) is 35.3. The molecule has 61 heavy (non-hydrogen) atoms. The quantitative estimate of drug-likeness (QED) is 0.167. The summed E-state index contributed by atoms with van der Waals surface area (Å²) in [5, 5.41) is 7.05. The highest BCUT2D eigenvalue weighted by Crippen LogP contribution is 2.52. The van der Waals surface area contributed by atoms with Crippen LogP contribution in [0.15, 0.2) is 217 Å². The molecule has 288 valence electrons. The van der Waals surface area contributed by atoms with Gasteiger partial charge in [0.1, 0.15) is 5.58 Å². The molecule has 12 rings (SSSR count). The van der Waals surface area contributed by atoms with Crippen molar-refractivity contribution in [1.29, 1.82) is 0 Å². The topological polar surface area (TPSA) is 16.4 Å². The van der Waals surface area contributed by atoms with Gasteiger partial charge in [-0.15, -0.1) is 0 Å². The third kappa shape index (κ3) is 5.56. The summed E-state index contributed by atoms with van der Waals surface area (Å²) in [7, 11) is 0. The number of hydrogen-bond acceptors (Lipinski definition) is 2. The van der Waals surface area contributed by atoms with Gasteiger partial charge in [0.25, 0.3) is 0 Å². The van der Waals surface area contributed by atoms with E-state index in [1.165, 1.54) is 66.1 Å². The van der Waals surface area contributed by atoms with Crippen molar-refractivity contribution in [3.63, 3.8) is 0 Å². The second-order valence-electron chi connectivity index (χ2n) is 16.9. The molecule has 0 saturated heterocycles. The van der Waals surface area contributed by atoms with Crippen LogP contribution in [0.25, 0.3) is 88.0 Å². The van der Waals surface area contributed by atoms with Crippen LogP contribution >= 0.6 is 0 Å². The fourth-order valence-corrected chi connectivity index (χ4v) is 10.0. The first-order valence-corrected chi connectivity index (χ1v) is 21.2. The number of hydrogen-bond donors (Lipinski definition) is 0. The maximum atomic E-state index is 7.31. The Morgan fingerprint density at radius 3 is 1.79 bits per heavy atom. The molecule has 1 aliphatic carbocycles. The molecule has 1 aliphatic rings. The van der Waals surface area contributed by atoms with Crippen molar-refractivity contribution in [2.75, 3.05) is 4.90 Å². The summed E-state index contributed by atoms with van der Waals surface area (Å²) < 4.78 is 7.31. The SMILES string of the molecule is CC1(C)c2ccccc2-c2ccc(N(c3ccc(-c4ccccc4)cc3)c3cccc4c3oc3c(-c5ccc(-c6cccc7ccccc67)cc5)c5ccccc5cc34)cc21. The molecule has 0 atom stereocenters. The summed E-state index contributed by atoms with van der Waals surface area (Å²) >= 11 is 0. The average Bonchev–Trinajstić information content (AvgIpc) is 3.80. The lowest BCUT2D eigenvalue weighted by Gasteiger charge is -2.28. The van der Waals surface area contributed by atoms with E-state index in [1.807, 2.05) is 0 Å². The molecule has 0 spiro atoms. The van der Waals surface area contributed by atoms with Crippen molar-refractivity contribution >= 4 is 60.5 Å². The molecule has 11 aromatic rings. The Kier molecular flexibility index (Phi) is 7.92. The number of furan rings is 1. The fourth-order valence-electron chi connectivity index (χ4n) is 10.0. The maximum Gasteiger partial charge on any atom is 0.159 e. The fraction of sp³-hybridized carbons (Fsp3) is 0.0508. The van der Waals surface area contributed by atoms with Crippen LogP contribution in [0, 0.1) is 0 Å². The molecule has 10 aromatic carbocycles. The first-order valence-electron chi connectivity index (χ1n) is 21.2. The van der Waals surface area contributed by atoms with E-state index in [4.69, 9.17) is 4.42 Å². The largest absolute Gasteiger partial charge is 0.453 e. The molecule has 2 nitrogen and oxygen atoms in total. The van der Waals surface area contributed by atoms with E-state index >= 15 is 0 Å². The van der Waals surface area contributed by atoms with Crippen LogP contribution in [0.3, 0.4) is 0 Å². The Hall–Kier alpha value is -7.68. The predicted octanol–water partition coefficient (Wildman–Crippen LogP) is 16.7. The number of fused-ring (bicyclic) bond motifs is 8. The van der Waals surface area contributed by atoms with Crippen molar-refractivity contribution in [2.45, 2.75) is 19.3 Å². The Labute approximate surface area is 355 Å². The van der Waals surface area contributed by atoms with Crippen LogP contribution in [-0.2, 0) is 5.41 Å². The van der Waals surface area contributed by atoms with Gasteiger partial charge in [-0.1, -0.05) is 190 Å². The van der Waals surface area contributed by atoms with Gasteiger partial charge in [0.05, 0.1) is 5.69 Å². The maximum absolute atomic E-state index is 7.31. The number of anilines is 3. The van der Waals surface area contributed by atoms with E-state index in [2.05, 4.69) is 231 Å². The first-order chi connectivity index (χ1) is 30.0. The van der Waals surface area contributed by atoms with Gasteiger partial charge in [-0.3, -0.25) is 0 Å². The van der Waals surface area contributed by atoms with E-state index in [1.54, 1.807) is 0 Å². The smallest absolute Gasteiger partial charge is 0.159 e. The summed E-state index contributed by atoms with van der Waals surface area (Å²) in [5.74, 6) is 0. The third-order valence-corrected chi connectivity index (χ3v) is 13.1. The second kappa shape index (κ2) is 13.7. The molecular formula is C59H41NO. The molecule has 0 fully saturated rings. The van der Waals surface area contributed by atoms with Gasteiger partial charge in [-0.05, 0) is 108 Å². The van der Waals surface area contributed by atoms with Gasteiger partial charge in [-0.2, -0.15) is 0 Å². The zero-order chi connectivity index (χ0) is 40.7. The highest BCUT2D eigenvalue weighted by atomic mass is 16.3. The second-order valence-corrected chi connectivity index (χ2v) is 16.9. The van der Waals surface area contributed by atoms with Gasteiger partial charge >= 0.3 is 0 Å². The van der Waals surface area contributed by atoms with Crippen molar-refractivity contribution in [3.05, 3.63) is 223 Å².